The third-order valence-corrected chi connectivity index (χ3v) is 3.94. The number of rotatable bonds is 2. The molecule has 0 spiro atoms. The van der Waals surface area contributed by atoms with E-state index in [1.807, 2.05) is 13.1 Å². The number of hydrogen-bond acceptors (Lipinski definition) is 5. The van der Waals surface area contributed by atoms with Crippen molar-refractivity contribution < 1.29 is 4.74 Å². The summed E-state index contributed by atoms with van der Waals surface area (Å²) in [5, 5.41) is 3.07. The van der Waals surface area contributed by atoms with Gasteiger partial charge in [0, 0.05) is 19.7 Å². The zero-order valence-corrected chi connectivity index (χ0v) is 10.8. The SMILES string of the molecule is CNc1cc(N2CCOC3CCCCC32)ncn1. The molecular weight excluding hydrogens is 228 g/mol. The van der Waals surface area contributed by atoms with Crippen molar-refractivity contribution in [3.05, 3.63) is 12.4 Å². The molecule has 1 saturated carbocycles. The fourth-order valence-electron chi connectivity index (χ4n) is 3.02. The van der Waals surface area contributed by atoms with Crippen molar-refractivity contribution in [3.8, 4) is 0 Å². The van der Waals surface area contributed by atoms with Crippen molar-refractivity contribution in [3.63, 3.8) is 0 Å². The molecule has 2 fully saturated rings. The maximum atomic E-state index is 5.89. The Morgan fingerprint density at radius 1 is 1.33 bits per heavy atom. The summed E-state index contributed by atoms with van der Waals surface area (Å²) >= 11 is 0. The number of anilines is 2. The second-order valence-corrected chi connectivity index (χ2v) is 4.97. The zero-order chi connectivity index (χ0) is 12.4. The molecule has 1 aliphatic carbocycles. The fraction of sp³-hybridized carbons (Fsp3) is 0.692. The van der Waals surface area contributed by atoms with Crippen LogP contribution in [0.5, 0.6) is 0 Å². The van der Waals surface area contributed by atoms with Gasteiger partial charge in [-0.25, -0.2) is 9.97 Å². The molecule has 0 amide bonds. The Kier molecular flexibility index (Phi) is 3.32. The molecule has 2 unspecified atom stereocenters. The van der Waals surface area contributed by atoms with E-state index in [4.69, 9.17) is 4.74 Å². The lowest BCUT2D eigenvalue weighted by Crippen LogP contribution is -2.53. The van der Waals surface area contributed by atoms with Gasteiger partial charge in [0.2, 0.25) is 0 Å². The largest absolute Gasteiger partial charge is 0.374 e. The van der Waals surface area contributed by atoms with E-state index in [0.29, 0.717) is 12.1 Å². The molecule has 1 aliphatic heterocycles. The topological polar surface area (TPSA) is 50.3 Å². The van der Waals surface area contributed by atoms with Crippen molar-refractivity contribution in [2.24, 2.45) is 0 Å². The Morgan fingerprint density at radius 3 is 3.11 bits per heavy atom. The summed E-state index contributed by atoms with van der Waals surface area (Å²) in [6, 6.07) is 2.52. The maximum absolute atomic E-state index is 5.89. The van der Waals surface area contributed by atoms with Crippen LogP contribution >= 0.6 is 0 Å². The van der Waals surface area contributed by atoms with Crippen LogP contribution in [0.2, 0.25) is 0 Å². The van der Waals surface area contributed by atoms with E-state index >= 15 is 0 Å². The molecule has 2 heterocycles. The van der Waals surface area contributed by atoms with Crippen LogP contribution in [-0.4, -0.2) is 42.3 Å². The Labute approximate surface area is 108 Å². The van der Waals surface area contributed by atoms with Crippen molar-refractivity contribution >= 4 is 11.6 Å². The molecule has 1 aromatic heterocycles. The zero-order valence-electron chi connectivity index (χ0n) is 10.8. The molecule has 5 nitrogen and oxygen atoms in total. The minimum absolute atomic E-state index is 0.389. The van der Waals surface area contributed by atoms with Crippen LogP contribution in [0.3, 0.4) is 0 Å². The highest BCUT2D eigenvalue weighted by Crippen LogP contribution is 2.31. The maximum Gasteiger partial charge on any atom is 0.134 e. The van der Waals surface area contributed by atoms with Crippen LogP contribution in [0.15, 0.2) is 12.4 Å². The first-order valence-electron chi connectivity index (χ1n) is 6.76. The number of fused-ring (bicyclic) bond motifs is 1. The molecule has 18 heavy (non-hydrogen) atoms. The van der Waals surface area contributed by atoms with Gasteiger partial charge in [-0.2, -0.15) is 0 Å². The van der Waals surface area contributed by atoms with Gasteiger partial charge in [0.15, 0.2) is 0 Å². The quantitative estimate of drug-likeness (QED) is 0.862. The predicted molar refractivity (Wildman–Crippen MR) is 70.9 cm³/mol. The second-order valence-electron chi connectivity index (χ2n) is 4.97. The van der Waals surface area contributed by atoms with Gasteiger partial charge in [-0.3, -0.25) is 0 Å². The summed E-state index contributed by atoms with van der Waals surface area (Å²) < 4.78 is 5.89. The summed E-state index contributed by atoms with van der Waals surface area (Å²) in [6.07, 6.45) is 7.01. The molecule has 1 saturated heterocycles. The second kappa shape index (κ2) is 5.10. The number of nitrogens with zero attached hydrogens (tertiary/aromatic N) is 3. The summed E-state index contributed by atoms with van der Waals surface area (Å²) in [5.74, 6) is 1.90. The monoisotopic (exact) mass is 248 g/mol. The summed E-state index contributed by atoms with van der Waals surface area (Å²) in [4.78, 5) is 11.0. The molecule has 3 rings (SSSR count). The summed E-state index contributed by atoms with van der Waals surface area (Å²) in [7, 11) is 1.88. The molecule has 0 radical (unpaired) electrons. The average Bonchev–Trinajstić information content (AvgIpc) is 2.47. The van der Waals surface area contributed by atoms with Crippen LogP contribution in [-0.2, 0) is 4.74 Å². The standard InChI is InChI=1S/C13H20N4O/c1-14-12-8-13(16-9-15-12)17-6-7-18-11-5-3-2-4-10(11)17/h8-11H,2-7H2,1H3,(H,14,15,16). The summed E-state index contributed by atoms with van der Waals surface area (Å²) in [5.41, 5.74) is 0. The van der Waals surface area contributed by atoms with Gasteiger partial charge >= 0.3 is 0 Å². The van der Waals surface area contributed by atoms with Gasteiger partial charge in [0.05, 0.1) is 18.8 Å². The van der Waals surface area contributed by atoms with Crippen molar-refractivity contribution in [2.75, 3.05) is 30.4 Å². The molecule has 2 atom stereocenters. The van der Waals surface area contributed by atoms with Crippen LogP contribution in [0, 0.1) is 0 Å². The fourth-order valence-corrected chi connectivity index (χ4v) is 3.02. The molecular formula is C13H20N4O. The van der Waals surface area contributed by atoms with Crippen LogP contribution in [0.1, 0.15) is 25.7 Å². The van der Waals surface area contributed by atoms with Crippen molar-refractivity contribution in [1.29, 1.82) is 0 Å². The Bertz CT molecular complexity index is 410. The van der Waals surface area contributed by atoms with E-state index < -0.39 is 0 Å². The first-order chi connectivity index (χ1) is 8.88. The van der Waals surface area contributed by atoms with Gasteiger partial charge in [0.25, 0.3) is 0 Å². The number of ether oxygens (including phenoxy) is 1. The molecule has 1 aromatic rings. The number of hydrogen-bond donors (Lipinski definition) is 1. The molecule has 0 bridgehead atoms. The normalized spacial score (nSPS) is 27.7. The first-order valence-corrected chi connectivity index (χ1v) is 6.76. The Balaban J connectivity index is 1.84. The highest BCUT2D eigenvalue weighted by atomic mass is 16.5. The Morgan fingerprint density at radius 2 is 2.22 bits per heavy atom. The van der Waals surface area contributed by atoms with E-state index in [9.17, 15) is 0 Å². The van der Waals surface area contributed by atoms with Gasteiger partial charge in [-0.05, 0) is 12.8 Å². The number of aromatic nitrogens is 2. The van der Waals surface area contributed by atoms with Gasteiger partial charge in [-0.1, -0.05) is 12.8 Å². The number of nitrogens with one attached hydrogen (secondary N) is 1. The van der Waals surface area contributed by atoms with Gasteiger partial charge in [-0.15, -0.1) is 0 Å². The van der Waals surface area contributed by atoms with Crippen LogP contribution in [0.4, 0.5) is 11.6 Å². The molecule has 1 N–H and O–H groups in total. The van der Waals surface area contributed by atoms with E-state index in [2.05, 4.69) is 20.2 Å². The van der Waals surface area contributed by atoms with E-state index in [0.717, 1.165) is 24.8 Å². The smallest absolute Gasteiger partial charge is 0.134 e. The third kappa shape index (κ3) is 2.14. The number of morpholine rings is 1. The van der Waals surface area contributed by atoms with Crippen LogP contribution in [0.25, 0.3) is 0 Å². The highest BCUT2D eigenvalue weighted by molar-refractivity contribution is 5.49. The lowest BCUT2D eigenvalue weighted by atomic mass is 9.90. The highest BCUT2D eigenvalue weighted by Gasteiger charge is 2.34. The van der Waals surface area contributed by atoms with E-state index in [-0.39, 0.29) is 0 Å². The predicted octanol–water partition coefficient (Wildman–Crippen LogP) is 1.67. The summed E-state index contributed by atoms with van der Waals surface area (Å²) in [6.45, 7) is 1.74. The molecule has 2 aliphatic rings. The van der Waals surface area contributed by atoms with E-state index in [1.165, 1.54) is 25.7 Å². The van der Waals surface area contributed by atoms with Crippen molar-refractivity contribution in [2.45, 2.75) is 37.8 Å². The average molecular weight is 248 g/mol. The Hall–Kier alpha value is -1.36. The van der Waals surface area contributed by atoms with E-state index in [1.54, 1.807) is 6.33 Å². The lowest BCUT2D eigenvalue weighted by Gasteiger charge is -2.44. The first kappa shape index (κ1) is 11.7. The lowest BCUT2D eigenvalue weighted by molar-refractivity contribution is -0.00899. The minimum Gasteiger partial charge on any atom is -0.374 e. The molecule has 98 valence electrons. The third-order valence-electron chi connectivity index (χ3n) is 3.94. The minimum atomic E-state index is 0.389. The molecule has 5 heteroatoms. The van der Waals surface area contributed by atoms with Gasteiger partial charge in [0.1, 0.15) is 18.0 Å². The van der Waals surface area contributed by atoms with Gasteiger partial charge < -0.3 is 15.0 Å². The van der Waals surface area contributed by atoms with Crippen molar-refractivity contribution in [1.82, 2.24) is 9.97 Å². The molecule has 0 aromatic carbocycles. The van der Waals surface area contributed by atoms with Crippen LogP contribution < -0.4 is 10.2 Å².